The Morgan fingerprint density at radius 2 is 2.06 bits per heavy atom. The lowest BCUT2D eigenvalue weighted by molar-refractivity contribution is -0.142. The first-order valence-corrected chi connectivity index (χ1v) is 6.26. The van der Waals surface area contributed by atoms with E-state index in [9.17, 15) is 4.79 Å². The average molecular weight is 224 g/mol. The van der Waals surface area contributed by atoms with E-state index >= 15 is 0 Å². The highest BCUT2D eigenvalue weighted by atomic mass is 16.5. The van der Waals surface area contributed by atoms with Crippen LogP contribution in [0.15, 0.2) is 12.7 Å². The molecule has 92 valence electrons. The maximum absolute atomic E-state index is 11.0. The van der Waals surface area contributed by atoms with E-state index in [2.05, 4.69) is 27.4 Å². The van der Waals surface area contributed by atoms with Crippen LogP contribution in [0.3, 0.4) is 0 Å². The number of hydrogen-bond acceptors (Lipinski definition) is 2. The third-order valence-electron chi connectivity index (χ3n) is 3.91. The van der Waals surface area contributed by atoms with Crippen LogP contribution in [0.4, 0.5) is 0 Å². The van der Waals surface area contributed by atoms with E-state index in [1.807, 2.05) is 0 Å². The van der Waals surface area contributed by atoms with Crippen LogP contribution >= 0.6 is 0 Å². The maximum Gasteiger partial charge on any atom is 0.330 e. The first kappa shape index (κ1) is 13.3. The number of rotatable bonds is 4. The van der Waals surface area contributed by atoms with Gasteiger partial charge in [0.1, 0.15) is 0 Å². The molecule has 0 aromatic heterocycles. The van der Waals surface area contributed by atoms with Gasteiger partial charge in [0, 0.05) is 11.5 Å². The Labute approximate surface area is 99.1 Å². The van der Waals surface area contributed by atoms with Crippen LogP contribution in [-0.4, -0.2) is 12.6 Å². The van der Waals surface area contributed by atoms with E-state index in [1.165, 1.54) is 31.8 Å². The van der Waals surface area contributed by atoms with E-state index in [-0.39, 0.29) is 11.4 Å². The second-order valence-corrected chi connectivity index (χ2v) is 5.70. The van der Waals surface area contributed by atoms with Crippen molar-refractivity contribution in [1.82, 2.24) is 0 Å². The Morgan fingerprint density at radius 3 is 2.50 bits per heavy atom. The molecule has 0 atom stereocenters. The van der Waals surface area contributed by atoms with Gasteiger partial charge < -0.3 is 4.74 Å². The molecule has 0 unspecified atom stereocenters. The standard InChI is InChI=1S/C14H24O2/c1-5-13(15)16-10-14(4)8-6-12(7-9-14)11(2)3/h5,11-12H,1,6-10H2,2-4H3. The molecule has 1 fully saturated rings. The van der Waals surface area contributed by atoms with Gasteiger partial charge in [-0.15, -0.1) is 0 Å². The number of hydrogen-bond donors (Lipinski definition) is 0. The normalized spacial score (nSPS) is 30.1. The van der Waals surface area contributed by atoms with Crippen LogP contribution in [0.25, 0.3) is 0 Å². The van der Waals surface area contributed by atoms with E-state index in [1.54, 1.807) is 0 Å². The Kier molecular flexibility index (Phi) is 4.57. The van der Waals surface area contributed by atoms with Crippen molar-refractivity contribution in [2.24, 2.45) is 17.3 Å². The Balaban J connectivity index is 2.38. The van der Waals surface area contributed by atoms with Gasteiger partial charge in [-0.3, -0.25) is 0 Å². The summed E-state index contributed by atoms with van der Waals surface area (Å²) < 4.78 is 5.17. The smallest absolute Gasteiger partial charge is 0.330 e. The van der Waals surface area contributed by atoms with Gasteiger partial charge in [0.05, 0.1) is 6.61 Å². The number of carbonyl (C=O) groups excluding carboxylic acids is 1. The third kappa shape index (κ3) is 3.66. The largest absolute Gasteiger partial charge is 0.462 e. The molecule has 0 bridgehead atoms. The van der Waals surface area contributed by atoms with E-state index in [0.717, 1.165) is 11.8 Å². The molecule has 2 nitrogen and oxygen atoms in total. The van der Waals surface area contributed by atoms with Gasteiger partial charge in [-0.25, -0.2) is 4.79 Å². The maximum atomic E-state index is 11.0. The lowest BCUT2D eigenvalue weighted by atomic mass is 9.69. The first-order valence-electron chi connectivity index (χ1n) is 6.26. The molecular formula is C14H24O2. The summed E-state index contributed by atoms with van der Waals surface area (Å²) in [7, 11) is 0. The lowest BCUT2D eigenvalue weighted by Crippen LogP contribution is -2.31. The number of esters is 1. The van der Waals surface area contributed by atoms with Crippen LogP contribution in [-0.2, 0) is 9.53 Å². The second kappa shape index (κ2) is 5.51. The minimum Gasteiger partial charge on any atom is -0.462 e. The fourth-order valence-electron chi connectivity index (χ4n) is 2.45. The van der Waals surface area contributed by atoms with Gasteiger partial charge in [-0.05, 0) is 37.5 Å². The fourth-order valence-corrected chi connectivity index (χ4v) is 2.45. The van der Waals surface area contributed by atoms with Gasteiger partial charge in [-0.1, -0.05) is 27.4 Å². The summed E-state index contributed by atoms with van der Waals surface area (Å²) in [5.74, 6) is 1.33. The molecule has 0 saturated heterocycles. The van der Waals surface area contributed by atoms with Crippen LogP contribution in [0.1, 0.15) is 46.5 Å². The van der Waals surface area contributed by atoms with E-state index < -0.39 is 0 Å². The molecule has 16 heavy (non-hydrogen) atoms. The van der Waals surface area contributed by atoms with E-state index in [0.29, 0.717) is 6.61 Å². The van der Waals surface area contributed by atoms with Gasteiger partial charge in [0.25, 0.3) is 0 Å². The molecule has 0 spiro atoms. The minimum absolute atomic E-state index is 0.185. The Morgan fingerprint density at radius 1 is 1.50 bits per heavy atom. The molecule has 0 radical (unpaired) electrons. The molecule has 2 heteroatoms. The van der Waals surface area contributed by atoms with Crippen molar-refractivity contribution < 1.29 is 9.53 Å². The van der Waals surface area contributed by atoms with Crippen molar-refractivity contribution in [3.8, 4) is 0 Å². The molecule has 1 saturated carbocycles. The topological polar surface area (TPSA) is 26.3 Å². The second-order valence-electron chi connectivity index (χ2n) is 5.70. The third-order valence-corrected chi connectivity index (χ3v) is 3.91. The van der Waals surface area contributed by atoms with Crippen LogP contribution in [0.5, 0.6) is 0 Å². The van der Waals surface area contributed by atoms with E-state index in [4.69, 9.17) is 4.74 Å². The summed E-state index contributed by atoms with van der Waals surface area (Å²) in [4.78, 5) is 11.0. The molecule has 0 aliphatic heterocycles. The minimum atomic E-state index is -0.299. The van der Waals surface area contributed by atoms with Gasteiger partial charge in [0.15, 0.2) is 0 Å². The van der Waals surface area contributed by atoms with Crippen LogP contribution in [0.2, 0.25) is 0 Å². The zero-order valence-electron chi connectivity index (χ0n) is 10.8. The zero-order chi connectivity index (χ0) is 12.2. The lowest BCUT2D eigenvalue weighted by Gasteiger charge is -2.38. The van der Waals surface area contributed by atoms with Crippen molar-refractivity contribution >= 4 is 5.97 Å². The van der Waals surface area contributed by atoms with Gasteiger partial charge >= 0.3 is 5.97 Å². The van der Waals surface area contributed by atoms with Crippen molar-refractivity contribution in [2.75, 3.05) is 6.61 Å². The summed E-state index contributed by atoms with van der Waals surface area (Å²) >= 11 is 0. The highest BCUT2D eigenvalue weighted by Crippen LogP contribution is 2.41. The highest BCUT2D eigenvalue weighted by molar-refractivity contribution is 5.81. The molecule has 0 N–H and O–H groups in total. The monoisotopic (exact) mass is 224 g/mol. The predicted molar refractivity (Wildman–Crippen MR) is 66.1 cm³/mol. The molecule has 0 aromatic carbocycles. The SMILES string of the molecule is C=CC(=O)OCC1(C)CCC(C(C)C)CC1. The molecule has 0 aromatic rings. The summed E-state index contributed by atoms with van der Waals surface area (Å²) in [5, 5.41) is 0. The van der Waals surface area contributed by atoms with Crippen molar-refractivity contribution in [3.63, 3.8) is 0 Å². The van der Waals surface area contributed by atoms with Crippen LogP contribution in [0, 0.1) is 17.3 Å². The van der Waals surface area contributed by atoms with Gasteiger partial charge in [-0.2, -0.15) is 0 Å². The summed E-state index contributed by atoms with van der Waals surface area (Å²) in [6.45, 7) is 10.8. The predicted octanol–water partition coefficient (Wildman–Crippen LogP) is 3.57. The first-order chi connectivity index (χ1) is 7.47. The molecule has 0 heterocycles. The summed E-state index contributed by atoms with van der Waals surface area (Å²) in [6, 6.07) is 0. The van der Waals surface area contributed by atoms with Crippen molar-refractivity contribution in [3.05, 3.63) is 12.7 Å². The molecule has 1 rings (SSSR count). The highest BCUT2D eigenvalue weighted by Gasteiger charge is 2.33. The number of carbonyl (C=O) groups is 1. The summed E-state index contributed by atoms with van der Waals surface area (Å²) in [5.41, 5.74) is 0.185. The number of ether oxygens (including phenoxy) is 1. The quantitative estimate of drug-likeness (QED) is 0.539. The average Bonchev–Trinajstić information content (AvgIpc) is 2.26. The molecule has 1 aliphatic carbocycles. The van der Waals surface area contributed by atoms with Crippen molar-refractivity contribution in [1.29, 1.82) is 0 Å². The zero-order valence-corrected chi connectivity index (χ0v) is 10.8. The summed E-state index contributed by atoms with van der Waals surface area (Å²) in [6.07, 6.45) is 6.10. The van der Waals surface area contributed by atoms with Gasteiger partial charge in [0.2, 0.25) is 0 Å². The molecule has 1 aliphatic rings. The Bertz CT molecular complexity index is 247. The molecule has 0 amide bonds. The van der Waals surface area contributed by atoms with Crippen LogP contribution < -0.4 is 0 Å². The van der Waals surface area contributed by atoms with Crippen molar-refractivity contribution in [2.45, 2.75) is 46.5 Å². The Hall–Kier alpha value is -0.790. The fraction of sp³-hybridized carbons (Fsp3) is 0.786. The molecular weight excluding hydrogens is 200 g/mol.